The molecule has 1 aromatic heterocycles. The lowest BCUT2D eigenvalue weighted by Crippen LogP contribution is -2.46. The molecule has 2 heterocycles. The molecule has 2 aromatic carbocycles. The van der Waals surface area contributed by atoms with Crippen molar-refractivity contribution >= 4 is 17.4 Å². The van der Waals surface area contributed by atoms with Crippen LogP contribution in [0.25, 0.3) is 5.69 Å². The van der Waals surface area contributed by atoms with Crippen LogP contribution in [0.4, 0.5) is 16.2 Å². The van der Waals surface area contributed by atoms with Crippen molar-refractivity contribution in [3.63, 3.8) is 0 Å². The second-order valence-corrected chi connectivity index (χ2v) is 6.28. The Morgan fingerprint density at radius 2 is 2.00 bits per heavy atom. The van der Waals surface area contributed by atoms with Crippen LogP contribution in [-0.4, -0.2) is 28.7 Å². The zero-order chi connectivity index (χ0) is 17.8. The van der Waals surface area contributed by atoms with E-state index >= 15 is 0 Å². The Labute approximate surface area is 152 Å². The van der Waals surface area contributed by atoms with Gasteiger partial charge in [0.05, 0.1) is 6.33 Å². The molecule has 1 saturated heterocycles. The Morgan fingerprint density at radius 3 is 2.77 bits per heavy atom. The van der Waals surface area contributed by atoms with E-state index in [1.54, 1.807) is 17.4 Å². The molecule has 6 heteroatoms. The topological polar surface area (TPSA) is 62.2 Å². The number of hydrogen-bond acceptors (Lipinski definition) is 3. The van der Waals surface area contributed by atoms with Crippen molar-refractivity contribution < 1.29 is 4.79 Å². The molecule has 4 rings (SSSR count). The molecule has 132 valence electrons. The molecule has 0 unspecified atom stereocenters. The average molecular weight is 347 g/mol. The first-order chi connectivity index (χ1) is 12.8. The highest BCUT2D eigenvalue weighted by Gasteiger charge is 2.19. The van der Waals surface area contributed by atoms with E-state index in [1.165, 1.54) is 5.56 Å². The van der Waals surface area contributed by atoms with E-state index in [1.807, 2.05) is 35.0 Å². The number of urea groups is 1. The molecule has 26 heavy (non-hydrogen) atoms. The summed E-state index contributed by atoms with van der Waals surface area (Å²) >= 11 is 0. The van der Waals surface area contributed by atoms with E-state index < -0.39 is 0 Å². The molecular weight excluding hydrogens is 326 g/mol. The van der Waals surface area contributed by atoms with Crippen LogP contribution < -0.4 is 15.5 Å². The summed E-state index contributed by atoms with van der Waals surface area (Å²) in [6, 6.07) is 16.3. The first kappa shape index (κ1) is 16.2. The Morgan fingerprint density at radius 1 is 1.12 bits per heavy atom. The zero-order valence-electron chi connectivity index (χ0n) is 14.4. The van der Waals surface area contributed by atoms with Gasteiger partial charge < -0.3 is 15.2 Å². The monoisotopic (exact) mass is 347 g/mol. The highest BCUT2D eigenvalue weighted by molar-refractivity contribution is 5.93. The molecule has 0 saturated carbocycles. The van der Waals surface area contributed by atoms with Crippen molar-refractivity contribution in [2.75, 3.05) is 23.3 Å². The Hall–Kier alpha value is -3.28. The van der Waals surface area contributed by atoms with Gasteiger partial charge in [0.25, 0.3) is 0 Å². The van der Waals surface area contributed by atoms with Crippen molar-refractivity contribution in [3.05, 3.63) is 72.8 Å². The van der Waals surface area contributed by atoms with E-state index in [0.717, 1.165) is 43.1 Å². The molecule has 2 N–H and O–H groups in total. The Balaban J connectivity index is 1.41. The summed E-state index contributed by atoms with van der Waals surface area (Å²) in [5.41, 5.74) is 4.20. The number of aromatic nitrogens is 2. The van der Waals surface area contributed by atoms with Gasteiger partial charge in [0.2, 0.25) is 0 Å². The molecule has 1 aliphatic rings. The average Bonchev–Trinajstić information content (AvgIpc) is 3.22. The van der Waals surface area contributed by atoms with Gasteiger partial charge in [-0.15, -0.1) is 0 Å². The molecule has 6 nitrogen and oxygen atoms in total. The van der Waals surface area contributed by atoms with Crippen molar-refractivity contribution in [2.45, 2.75) is 13.0 Å². The van der Waals surface area contributed by atoms with Gasteiger partial charge in [-0.3, -0.25) is 4.90 Å². The molecule has 0 spiro atoms. The molecule has 1 aliphatic heterocycles. The molecular formula is C20H21N5O. The van der Waals surface area contributed by atoms with E-state index in [2.05, 4.69) is 39.9 Å². The maximum atomic E-state index is 12.0. The second-order valence-electron chi connectivity index (χ2n) is 6.28. The van der Waals surface area contributed by atoms with E-state index in [9.17, 15) is 4.79 Å². The molecule has 0 atom stereocenters. The van der Waals surface area contributed by atoms with Crippen molar-refractivity contribution in [1.82, 2.24) is 14.9 Å². The number of anilines is 2. The van der Waals surface area contributed by atoms with Gasteiger partial charge in [0, 0.05) is 49.1 Å². The fourth-order valence-electron chi connectivity index (χ4n) is 3.06. The minimum atomic E-state index is -0.0245. The number of amides is 2. The fraction of sp³-hybridized carbons (Fsp3) is 0.200. The predicted molar refractivity (Wildman–Crippen MR) is 103 cm³/mol. The third-order valence-corrected chi connectivity index (χ3v) is 4.47. The van der Waals surface area contributed by atoms with Crippen LogP contribution in [-0.2, 0) is 6.54 Å². The number of imidazole rings is 1. The lowest BCUT2D eigenvalue weighted by atomic mass is 10.2. The summed E-state index contributed by atoms with van der Waals surface area (Å²) < 4.78 is 1.98. The van der Waals surface area contributed by atoms with Gasteiger partial charge >= 0.3 is 6.03 Å². The number of nitrogens with one attached hydrogen (secondary N) is 2. The van der Waals surface area contributed by atoms with Gasteiger partial charge in [-0.1, -0.05) is 18.2 Å². The van der Waals surface area contributed by atoms with Crippen molar-refractivity contribution in [2.24, 2.45) is 0 Å². The highest BCUT2D eigenvalue weighted by atomic mass is 16.2. The number of benzene rings is 2. The van der Waals surface area contributed by atoms with Crippen molar-refractivity contribution in [3.8, 4) is 5.69 Å². The molecule has 2 amide bonds. The number of carbonyl (C=O) groups is 1. The highest BCUT2D eigenvalue weighted by Crippen LogP contribution is 2.22. The van der Waals surface area contributed by atoms with Gasteiger partial charge in [0.15, 0.2) is 0 Å². The van der Waals surface area contributed by atoms with Crippen LogP contribution in [0.1, 0.15) is 12.0 Å². The molecule has 3 aromatic rings. The maximum Gasteiger partial charge on any atom is 0.321 e. The van der Waals surface area contributed by atoms with E-state index in [4.69, 9.17) is 0 Å². The molecule has 0 bridgehead atoms. The third-order valence-electron chi connectivity index (χ3n) is 4.47. The van der Waals surface area contributed by atoms with Crippen LogP contribution in [0.5, 0.6) is 0 Å². The quantitative estimate of drug-likeness (QED) is 0.743. The summed E-state index contributed by atoms with van der Waals surface area (Å²) in [6.45, 7) is 2.23. The lowest BCUT2D eigenvalue weighted by molar-refractivity contribution is 0.243. The van der Waals surface area contributed by atoms with Crippen LogP contribution in [0, 0.1) is 0 Å². The third kappa shape index (κ3) is 3.54. The van der Waals surface area contributed by atoms with Crippen LogP contribution in [0.2, 0.25) is 0 Å². The lowest BCUT2D eigenvalue weighted by Gasteiger charge is -2.27. The number of carbonyl (C=O) groups excluding carboxylic acids is 1. The fourth-order valence-corrected chi connectivity index (χ4v) is 3.06. The zero-order valence-corrected chi connectivity index (χ0v) is 14.4. The first-order valence-corrected chi connectivity index (χ1v) is 8.76. The van der Waals surface area contributed by atoms with Crippen LogP contribution in [0.15, 0.2) is 67.3 Å². The predicted octanol–water partition coefficient (Wildman–Crippen LogP) is 3.40. The van der Waals surface area contributed by atoms with Gasteiger partial charge in [-0.2, -0.15) is 0 Å². The number of nitrogens with zero attached hydrogens (tertiary/aromatic N) is 3. The van der Waals surface area contributed by atoms with Crippen LogP contribution >= 0.6 is 0 Å². The smallest absolute Gasteiger partial charge is 0.321 e. The van der Waals surface area contributed by atoms with E-state index in [-0.39, 0.29) is 6.03 Å². The summed E-state index contributed by atoms with van der Waals surface area (Å²) in [6.07, 6.45) is 6.45. The second kappa shape index (κ2) is 7.31. The van der Waals surface area contributed by atoms with Gasteiger partial charge in [-0.25, -0.2) is 9.78 Å². The van der Waals surface area contributed by atoms with Gasteiger partial charge in [-0.05, 0) is 42.3 Å². The molecule has 0 radical (unpaired) electrons. The summed E-state index contributed by atoms with van der Waals surface area (Å²) in [4.78, 5) is 17.9. The molecule has 1 fully saturated rings. The van der Waals surface area contributed by atoms with Crippen molar-refractivity contribution in [1.29, 1.82) is 0 Å². The minimum absolute atomic E-state index is 0.0245. The molecule has 0 aliphatic carbocycles. The van der Waals surface area contributed by atoms with Crippen LogP contribution in [0.3, 0.4) is 0 Å². The van der Waals surface area contributed by atoms with E-state index in [0.29, 0.717) is 0 Å². The number of hydrogen-bond donors (Lipinski definition) is 2. The Bertz CT molecular complexity index is 873. The first-order valence-electron chi connectivity index (χ1n) is 8.76. The largest absolute Gasteiger partial charge is 0.381 e. The SMILES string of the molecule is O=C1NCCCN1c1cccc(NCc2ccc(-n3ccnc3)cc2)c1. The number of rotatable bonds is 5. The standard InChI is InChI=1S/C20H21N5O/c26-20-22-9-2-11-25(20)19-4-1-3-17(13-19)23-14-16-5-7-18(8-6-16)24-12-10-21-15-24/h1,3-8,10,12-13,15,23H,2,9,11,14H2,(H,22,26). The summed E-state index contributed by atoms with van der Waals surface area (Å²) in [7, 11) is 0. The maximum absolute atomic E-state index is 12.0. The summed E-state index contributed by atoms with van der Waals surface area (Å²) in [5, 5.41) is 6.32. The summed E-state index contributed by atoms with van der Waals surface area (Å²) in [5.74, 6) is 0. The van der Waals surface area contributed by atoms with Gasteiger partial charge in [0.1, 0.15) is 0 Å². The normalized spacial score (nSPS) is 14.2. The Kier molecular flexibility index (Phi) is 4.55. The minimum Gasteiger partial charge on any atom is -0.381 e.